The van der Waals surface area contributed by atoms with E-state index in [4.69, 9.17) is 11.6 Å². The number of alkyl halides is 1. The number of amides is 2. The zero-order valence-corrected chi connectivity index (χ0v) is 12.1. The fourth-order valence-electron chi connectivity index (χ4n) is 1.26. The Morgan fingerprint density at radius 3 is 1.79 bits per heavy atom. The number of anilines is 2. The van der Waals surface area contributed by atoms with E-state index in [9.17, 15) is 9.59 Å². The van der Waals surface area contributed by atoms with Crippen molar-refractivity contribution in [3.63, 3.8) is 0 Å². The van der Waals surface area contributed by atoms with Crippen LogP contribution in [0.2, 0.25) is 0 Å². The number of rotatable bonds is 5. The topological polar surface area (TPSA) is 58.2 Å². The van der Waals surface area contributed by atoms with Gasteiger partial charge in [0.2, 0.25) is 11.8 Å². The molecule has 0 aromatic heterocycles. The predicted molar refractivity (Wildman–Crippen MR) is 78.4 cm³/mol. The van der Waals surface area contributed by atoms with Crippen LogP contribution in [-0.4, -0.2) is 17.7 Å². The quantitative estimate of drug-likeness (QED) is 0.815. The first-order valence-electron chi connectivity index (χ1n) is 6.21. The van der Waals surface area contributed by atoms with E-state index in [1.807, 2.05) is 13.8 Å². The molecule has 0 heterocycles. The van der Waals surface area contributed by atoms with Gasteiger partial charge in [-0.3, -0.25) is 9.59 Å². The molecule has 0 fully saturated rings. The molecule has 2 amide bonds. The standard InChI is InChI=1S/C14H19ClN2O2/c1-9(2)13(18)16-11-4-6-12(7-5-11)17-14(19)10(3)8-15/h4-7,9-10H,8H2,1-3H3,(H,16,18)(H,17,19). The summed E-state index contributed by atoms with van der Waals surface area (Å²) in [5.74, 6) is -0.165. The maximum atomic E-state index is 11.6. The molecule has 1 aromatic carbocycles. The number of halogens is 1. The highest BCUT2D eigenvalue weighted by Gasteiger charge is 2.11. The lowest BCUT2D eigenvalue weighted by Crippen LogP contribution is -2.21. The Morgan fingerprint density at radius 1 is 1.00 bits per heavy atom. The second kappa shape index (κ2) is 7.14. The van der Waals surface area contributed by atoms with Crippen molar-refractivity contribution in [3.8, 4) is 0 Å². The largest absolute Gasteiger partial charge is 0.326 e. The maximum Gasteiger partial charge on any atom is 0.228 e. The summed E-state index contributed by atoms with van der Waals surface area (Å²) in [6, 6.07) is 6.99. The lowest BCUT2D eigenvalue weighted by molar-refractivity contribution is -0.119. The Hall–Kier alpha value is -1.55. The second-order valence-electron chi connectivity index (χ2n) is 4.77. The molecule has 0 aliphatic heterocycles. The molecule has 0 radical (unpaired) electrons. The number of hydrogen-bond acceptors (Lipinski definition) is 2. The molecule has 0 saturated carbocycles. The van der Waals surface area contributed by atoms with Gasteiger partial charge in [-0.05, 0) is 24.3 Å². The fourth-order valence-corrected chi connectivity index (χ4v) is 1.40. The molecule has 0 aliphatic carbocycles. The van der Waals surface area contributed by atoms with Crippen LogP contribution in [0.3, 0.4) is 0 Å². The van der Waals surface area contributed by atoms with Crippen LogP contribution in [-0.2, 0) is 9.59 Å². The number of benzene rings is 1. The van der Waals surface area contributed by atoms with Gasteiger partial charge in [0.1, 0.15) is 0 Å². The van der Waals surface area contributed by atoms with Gasteiger partial charge in [0.25, 0.3) is 0 Å². The molecule has 1 aromatic rings. The summed E-state index contributed by atoms with van der Waals surface area (Å²) >= 11 is 5.62. The Kier molecular flexibility index (Phi) is 5.83. The van der Waals surface area contributed by atoms with Crippen molar-refractivity contribution in [1.29, 1.82) is 0 Å². The first-order valence-corrected chi connectivity index (χ1v) is 6.75. The van der Waals surface area contributed by atoms with Gasteiger partial charge in [0.05, 0.1) is 0 Å². The molecule has 1 unspecified atom stereocenters. The number of hydrogen-bond donors (Lipinski definition) is 2. The molecule has 0 saturated heterocycles. The molecule has 104 valence electrons. The van der Waals surface area contributed by atoms with Crippen LogP contribution in [0.4, 0.5) is 11.4 Å². The van der Waals surface area contributed by atoms with Crippen molar-refractivity contribution >= 4 is 34.8 Å². The van der Waals surface area contributed by atoms with Crippen molar-refractivity contribution < 1.29 is 9.59 Å². The molecule has 5 heteroatoms. The Morgan fingerprint density at radius 2 is 1.42 bits per heavy atom. The van der Waals surface area contributed by atoms with E-state index in [-0.39, 0.29) is 29.5 Å². The average molecular weight is 283 g/mol. The molecular formula is C14H19ClN2O2. The van der Waals surface area contributed by atoms with Crippen molar-refractivity contribution in [2.45, 2.75) is 20.8 Å². The van der Waals surface area contributed by atoms with Crippen LogP contribution < -0.4 is 10.6 Å². The van der Waals surface area contributed by atoms with Gasteiger partial charge in [0, 0.05) is 29.1 Å². The summed E-state index contributed by atoms with van der Waals surface area (Å²) in [6.45, 7) is 5.43. The van der Waals surface area contributed by atoms with Crippen LogP contribution in [0, 0.1) is 11.8 Å². The molecule has 1 rings (SSSR count). The van der Waals surface area contributed by atoms with Crippen molar-refractivity contribution in [2.75, 3.05) is 16.5 Å². The third-order valence-electron chi connectivity index (χ3n) is 2.62. The van der Waals surface area contributed by atoms with Crippen molar-refractivity contribution in [1.82, 2.24) is 0 Å². The second-order valence-corrected chi connectivity index (χ2v) is 5.07. The minimum Gasteiger partial charge on any atom is -0.326 e. The molecular weight excluding hydrogens is 264 g/mol. The Balaban J connectivity index is 2.62. The van der Waals surface area contributed by atoms with E-state index in [0.29, 0.717) is 11.4 Å². The number of carbonyl (C=O) groups is 2. The third-order valence-corrected chi connectivity index (χ3v) is 3.09. The van der Waals surface area contributed by atoms with Gasteiger partial charge < -0.3 is 10.6 Å². The summed E-state index contributed by atoms with van der Waals surface area (Å²) in [5, 5.41) is 5.54. The molecule has 0 bridgehead atoms. The summed E-state index contributed by atoms with van der Waals surface area (Å²) in [4.78, 5) is 23.1. The zero-order chi connectivity index (χ0) is 14.4. The minimum atomic E-state index is -0.234. The van der Waals surface area contributed by atoms with E-state index in [2.05, 4.69) is 10.6 Å². The first kappa shape index (κ1) is 15.5. The van der Waals surface area contributed by atoms with Crippen LogP contribution in [0.25, 0.3) is 0 Å². The summed E-state index contributed by atoms with van der Waals surface area (Å²) in [5.41, 5.74) is 1.40. The fraction of sp³-hybridized carbons (Fsp3) is 0.429. The SMILES string of the molecule is CC(C)C(=O)Nc1ccc(NC(=O)C(C)CCl)cc1. The number of nitrogens with one attached hydrogen (secondary N) is 2. The summed E-state index contributed by atoms with van der Waals surface area (Å²) in [7, 11) is 0. The highest BCUT2D eigenvalue weighted by Crippen LogP contribution is 2.15. The van der Waals surface area contributed by atoms with E-state index < -0.39 is 0 Å². The normalized spacial score (nSPS) is 12.1. The molecule has 19 heavy (non-hydrogen) atoms. The maximum absolute atomic E-state index is 11.6. The third kappa shape index (κ3) is 4.91. The number of carbonyl (C=O) groups excluding carboxylic acids is 2. The lowest BCUT2D eigenvalue weighted by atomic mass is 10.2. The molecule has 1 atom stereocenters. The van der Waals surface area contributed by atoms with Gasteiger partial charge >= 0.3 is 0 Å². The molecule has 4 nitrogen and oxygen atoms in total. The summed E-state index contributed by atoms with van der Waals surface area (Å²) < 4.78 is 0. The summed E-state index contributed by atoms with van der Waals surface area (Å²) in [6.07, 6.45) is 0. The van der Waals surface area contributed by atoms with Gasteiger partial charge in [0.15, 0.2) is 0 Å². The van der Waals surface area contributed by atoms with Gasteiger partial charge in [-0.2, -0.15) is 0 Å². The van der Waals surface area contributed by atoms with E-state index in [1.165, 1.54) is 0 Å². The van der Waals surface area contributed by atoms with Crippen LogP contribution in [0.15, 0.2) is 24.3 Å². The van der Waals surface area contributed by atoms with Crippen molar-refractivity contribution in [3.05, 3.63) is 24.3 Å². The zero-order valence-electron chi connectivity index (χ0n) is 11.4. The Bertz CT molecular complexity index is 443. The minimum absolute atomic E-state index is 0.0347. The smallest absolute Gasteiger partial charge is 0.228 e. The van der Waals surface area contributed by atoms with Crippen LogP contribution in [0.5, 0.6) is 0 Å². The highest BCUT2D eigenvalue weighted by atomic mass is 35.5. The van der Waals surface area contributed by atoms with Crippen LogP contribution >= 0.6 is 11.6 Å². The van der Waals surface area contributed by atoms with Gasteiger partial charge in [-0.25, -0.2) is 0 Å². The van der Waals surface area contributed by atoms with E-state index in [1.54, 1.807) is 31.2 Å². The first-order chi connectivity index (χ1) is 8.93. The van der Waals surface area contributed by atoms with Gasteiger partial charge in [-0.15, -0.1) is 11.6 Å². The molecule has 0 aliphatic rings. The highest BCUT2D eigenvalue weighted by molar-refractivity contribution is 6.19. The molecule has 0 spiro atoms. The van der Waals surface area contributed by atoms with E-state index in [0.717, 1.165) is 0 Å². The monoisotopic (exact) mass is 282 g/mol. The van der Waals surface area contributed by atoms with Crippen molar-refractivity contribution in [2.24, 2.45) is 11.8 Å². The average Bonchev–Trinajstić information content (AvgIpc) is 2.39. The van der Waals surface area contributed by atoms with Crippen LogP contribution in [0.1, 0.15) is 20.8 Å². The van der Waals surface area contributed by atoms with Gasteiger partial charge in [-0.1, -0.05) is 20.8 Å². The molecule has 2 N–H and O–H groups in total. The predicted octanol–water partition coefficient (Wildman–Crippen LogP) is 3.09. The Labute approximate surface area is 118 Å². The van der Waals surface area contributed by atoms with E-state index >= 15 is 0 Å². The lowest BCUT2D eigenvalue weighted by Gasteiger charge is -2.11.